The van der Waals surface area contributed by atoms with Gasteiger partial charge in [0.25, 0.3) is 5.56 Å². The van der Waals surface area contributed by atoms with Crippen LogP contribution >= 0.6 is 15.9 Å². The zero-order chi connectivity index (χ0) is 18.7. The lowest BCUT2D eigenvalue weighted by atomic mass is 10.2. The van der Waals surface area contributed by atoms with E-state index in [2.05, 4.69) is 15.9 Å². The van der Waals surface area contributed by atoms with E-state index in [1.54, 1.807) is 6.92 Å². The van der Waals surface area contributed by atoms with Crippen LogP contribution in [-0.2, 0) is 13.2 Å². The van der Waals surface area contributed by atoms with Gasteiger partial charge in [0.05, 0.1) is 4.47 Å². The van der Waals surface area contributed by atoms with Crippen molar-refractivity contribution in [1.29, 1.82) is 0 Å². The fourth-order valence-electron chi connectivity index (χ4n) is 2.57. The van der Waals surface area contributed by atoms with Crippen LogP contribution in [0.3, 0.4) is 0 Å². The van der Waals surface area contributed by atoms with Crippen molar-refractivity contribution in [3.63, 3.8) is 0 Å². The number of alkyl halides is 3. The molecule has 0 radical (unpaired) electrons. The molecule has 0 saturated heterocycles. The lowest BCUT2D eigenvalue weighted by Crippen LogP contribution is -2.41. The normalized spacial score (nSPS) is 12.1. The van der Waals surface area contributed by atoms with Crippen molar-refractivity contribution < 1.29 is 22.0 Å². The molecule has 0 fully saturated rings. The molecule has 0 aliphatic rings. The zero-order valence-electron chi connectivity index (χ0n) is 12.7. The molecule has 0 saturated carbocycles. The van der Waals surface area contributed by atoms with Crippen LogP contribution in [0.4, 0.5) is 17.6 Å². The summed E-state index contributed by atoms with van der Waals surface area (Å²) in [6, 6.07) is 2.62. The Bertz CT molecular complexity index is 1120. The first-order valence-corrected chi connectivity index (χ1v) is 7.60. The highest BCUT2D eigenvalue weighted by atomic mass is 79.9. The Labute approximate surface area is 145 Å². The third-order valence-electron chi connectivity index (χ3n) is 3.64. The summed E-state index contributed by atoms with van der Waals surface area (Å²) >= 11 is 3.10. The molecule has 0 amide bonds. The molecule has 0 aliphatic heterocycles. The average Bonchev–Trinajstić information content (AvgIpc) is 2.87. The van der Waals surface area contributed by atoms with Crippen molar-refractivity contribution in [3.8, 4) is 5.69 Å². The first kappa shape index (κ1) is 17.5. The van der Waals surface area contributed by atoms with Crippen LogP contribution in [0.1, 0.15) is 11.5 Å². The van der Waals surface area contributed by atoms with Crippen LogP contribution in [0.15, 0.2) is 36.7 Å². The van der Waals surface area contributed by atoms with E-state index < -0.39 is 34.6 Å². The predicted molar refractivity (Wildman–Crippen MR) is 84.4 cm³/mol. The largest absolute Gasteiger partial charge is 0.460 e. The quantitative estimate of drug-likeness (QED) is 0.566. The number of aryl methyl sites for hydroxylation is 1. The van der Waals surface area contributed by atoms with Crippen LogP contribution in [0.5, 0.6) is 0 Å². The number of fused-ring (bicyclic) bond motifs is 1. The molecule has 3 rings (SSSR count). The predicted octanol–water partition coefficient (Wildman–Crippen LogP) is 3.51. The van der Waals surface area contributed by atoms with Crippen LogP contribution in [0, 0.1) is 12.7 Å². The molecule has 0 atom stereocenters. The second-order valence-electron chi connectivity index (χ2n) is 5.33. The minimum Gasteiger partial charge on any atom is -0.460 e. The standard InChI is InChI=1S/C15H9BrF4N2O3/c1-6-3-7-12(9(17)4-8(16)13(7)25-6)22-11(23)5-10(15(18,19)20)21(2)14(22)24/h3-5H,1-2H3. The van der Waals surface area contributed by atoms with E-state index in [1.807, 2.05) is 0 Å². The summed E-state index contributed by atoms with van der Waals surface area (Å²) in [6.45, 7) is 1.57. The maximum atomic E-state index is 14.5. The average molecular weight is 421 g/mol. The first-order valence-electron chi connectivity index (χ1n) is 6.81. The molecule has 10 heteroatoms. The number of hydrogen-bond acceptors (Lipinski definition) is 3. The summed E-state index contributed by atoms with van der Waals surface area (Å²) in [7, 11) is 0.857. The molecule has 0 N–H and O–H groups in total. The van der Waals surface area contributed by atoms with Crippen molar-refractivity contribution >= 4 is 26.9 Å². The van der Waals surface area contributed by atoms with E-state index in [4.69, 9.17) is 4.42 Å². The third-order valence-corrected chi connectivity index (χ3v) is 4.23. The minimum absolute atomic E-state index is 0.0864. The molecule has 3 aromatic rings. The molecular weight excluding hydrogens is 412 g/mol. The molecule has 0 bridgehead atoms. The molecule has 0 unspecified atom stereocenters. The number of nitrogens with zero attached hydrogens (tertiary/aromatic N) is 2. The van der Waals surface area contributed by atoms with Gasteiger partial charge in [-0.25, -0.2) is 13.8 Å². The summed E-state index contributed by atoms with van der Waals surface area (Å²) in [5.41, 5.74) is -4.33. The highest BCUT2D eigenvalue weighted by Crippen LogP contribution is 2.33. The van der Waals surface area contributed by atoms with Gasteiger partial charge in [-0.15, -0.1) is 0 Å². The van der Waals surface area contributed by atoms with Crippen molar-refractivity contribution in [2.24, 2.45) is 7.05 Å². The number of aromatic nitrogens is 2. The Morgan fingerprint density at radius 1 is 1.16 bits per heavy atom. The van der Waals surface area contributed by atoms with Crippen LogP contribution in [0.25, 0.3) is 16.7 Å². The Hall–Kier alpha value is -2.36. The van der Waals surface area contributed by atoms with E-state index in [0.717, 1.165) is 13.1 Å². The molecule has 25 heavy (non-hydrogen) atoms. The zero-order valence-corrected chi connectivity index (χ0v) is 14.3. The van der Waals surface area contributed by atoms with Crippen molar-refractivity contribution in [3.05, 3.63) is 60.8 Å². The molecule has 0 aliphatic carbocycles. The first-order chi connectivity index (χ1) is 11.5. The van der Waals surface area contributed by atoms with Gasteiger partial charge in [0.2, 0.25) is 0 Å². The Morgan fingerprint density at radius 3 is 2.40 bits per heavy atom. The second kappa shape index (κ2) is 5.58. The molecule has 2 aromatic heterocycles. The number of halogens is 5. The number of hydrogen-bond donors (Lipinski definition) is 0. The maximum absolute atomic E-state index is 14.5. The summed E-state index contributed by atoms with van der Waals surface area (Å²) in [4.78, 5) is 24.6. The van der Waals surface area contributed by atoms with Crippen molar-refractivity contribution in [1.82, 2.24) is 9.13 Å². The van der Waals surface area contributed by atoms with Crippen LogP contribution in [-0.4, -0.2) is 9.13 Å². The van der Waals surface area contributed by atoms with Gasteiger partial charge < -0.3 is 4.42 Å². The summed E-state index contributed by atoms with van der Waals surface area (Å²) in [5, 5.41) is 0.0864. The SMILES string of the molecule is Cc1cc2c(-n3c(=O)cc(C(F)(F)F)n(C)c3=O)c(F)cc(Br)c2o1. The Morgan fingerprint density at radius 2 is 1.80 bits per heavy atom. The summed E-state index contributed by atoms with van der Waals surface area (Å²) in [6.07, 6.45) is -4.90. The molecule has 0 spiro atoms. The van der Waals surface area contributed by atoms with Crippen LogP contribution in [0.2, 0.25) is 0 Å². The minimum atomic E-state index is -4.90. The third kappa shape index (κ3) is 2.70. The van der Waals surface area contributed by atoms with Gasteiger partial charge >= 0.3 is 11.9 Å². The highest BCUT2D eigenvalue weighted by molar-refractivity contribution is 9.10. The molecule has 132 valence electrons. The fourth-order valence-corrected chi connectivity index (χ4v) is 3.07. The fraction of sp³-hybridized carbons (Fsp3) is 0.200. The number of benzene rings is 1. The van der Waals surface area contributed by atoms with E-state index in [0.29, 0.717) is 10.3 Å². The van der Waals surface area contributed by atoms with Crippen molar-refractivity contribution in [2.45, 2.75) is 13.1 Å². The number of furan rings is 1. The molecule has 2 heterocycles. The van der Waals surface area contributed by atoms with Gasteiger partial charge in [-0.05, 0) is 35.0 Å². The Balaban J connectivity index is 2.48. The van der Waals surface area contributed by atoms with E-state index in [-0.39, 0.29) is 26.1 Å². The van der Waals surface area contributed by atoms with Gasteiger partial charge in [0.1, 0.15) is 23.0 Å². The van der Waals surface area contributed by atoms with Gasteiger partial charge in [0, 0.05) is 18.5 Å². The monoisotopic (exact) mass is 420 g/mol. The van der Waals surface area contributed by atoms with Gasteiger partial charge in [-0.3, -0.25) is 9.36 Å². The Kier molecular flexibility index (Phi) is 3.90. The summed E-state index contributed by atoms with van der Waals surface area (Å²) < 4.78 is 59.5. The smallest absolute Gasteiger partial charge is 0.431 e. The molecular formula is C15H9BrF4N2O3. The lowest BCUT2D eigenvalue weighted by molar-refractivity contribution is -0.144. The van der Waals surface area contributed by atoms with Crippen LogP contribution < -0.4 is 11.2 Å². The topological polar surface area (TPSA) is 57.1 Å². The summed E-state index contributed by atoms with van der Waals surface area (Å²) in [5.74, 6) is -0.585. The van der Waals surface area contributed by atoms with Crippen molar-refractivity contribution in [2.75, 3.05) is 0 Å². The second-order valence-corrected chi connectivity index (χ2v) is 6.19. The molecule has 5 nitrogen and oxygen atoms in total. The molecule has 1 aromatic carbocycles. The van der Waals surface area contributed by atoms with Gasteiger partial charge in [-0.1, -0.05) is 0 Å². The van der Waals surface area contributed by atoms with Gasteiger partial charge in [-0.2, -0.15) is 13.2 Å². The highest BCUT2D eigenvalue weighted by Gasteiger charge is 2.35. The van der Waals surface area contributed by atoms with E-state index >= 15 is 0 Å². The maximum Gasteiger partial charge on any atom is 0.431 e. The number of rotatable bonds is 1. The van der Waals surface area contributed by atoms with E-state index in [9.17, 15) is 27.2 Å². The van der Waals surface area contributed by atoms with Gasteiger partial charge in [0.15, 0.2) is 5.58 Å². The van der Waals surface area contributed by atoms with E-state index in [1.165, 1.54) is 6.07 Å². The lowest BCUT2D eigenvalue weighted by Gasteiger charge is -2.14.